The summed E-state index contributed by atoms with van der Waals surface area (Å²) in [7, 11) is 0. The van der Waals surface area contributed by atoms with Gasteiger partial charge < -0.3 is 85.5 Å². The van der Waals surface area contributed by atoms with Gasteiger partial charge in [0.1, 0.15) is 24.3 Å². The second-order valence-electron chi connectivity index (χ2n) is 20.7. The highest BCUT2D eigenvalue weighted by molar-refractivity contribution is 5.95. The van der Waals surface area contributed by atoms with Gasteiger partial charge in [-0.05, 0) is 80.0 Å². The minimum atomic E-state index is -1.35. The summed E-state index contributed by atoms with van der Waals surface area (Å²) in [5.74, 6) is -3.16. The number of benzene rings is 1. The molecule has 3 aliphatic carbocycles. The quantitative estimate of drug-likeness (QED) is 0.0174. The topological polar surface area (TPSA) is 338 Å². The Kier molecular flexibility index (Phi) is 29.8. The molecule has 3 fully saturated rings. The molecule has 7 rings (SSSR count). The monoisotopic (exact) mass is 1190 g/mol. The molecular formula is C57H85F2N11O14. The van der Waals surface area contributed by atoms with Crippen LogP contribution < -0.4 is 38.1 Å². The number of fused-ring (bicyclic) bond motifs is 4. The second kappa shape index (κ2) is 37.3. The number of carbonyl (C=O) groups excluding carboxylic acids is 4. The van der Waals surface area contributed by atoms with Crippen molar-refractivity contribution in [2.24, 2.45) is 35.1 Å². The lowest BCUT2D eigenvalue weighted by Crippen LogP contribution is -2.57. The number of amides is 4. The van der Waals surface area contributed by atoms with Gasteiger partial charge in [-0.25, -0.2) is 28.5 Å². The van der Waals surface area contributed by atoms with Gasteiger partial charge in [0, 0.05) is 48.4 Å². The molecule has 0 radical (unpaired) electrons. The summed E-state index contributed by atoms with van der Waals surface area (Å²) in [6.45, 7) is 10.8. The molecule has 3 heterocycles. The number of carbonyl (C=O) groups is 4. The summed E-state index contributed by atoms with van der Waals surface area (Å²) < 4.78 is 79.1. The van der Waals surface area contributed by atoms with Gasteiger partial charge in [0.25, 0.3) is 0 Å². The predicted molar refractivity (Wildman–Crippen MR) is 305 cm³/mol. The molecule has 5 atom stereocenters. The molecular weight excluding hydrogens is 1100 g/mol. The number of anilines is 2. The number of urea groups is 1. The minimum absolute atomic E-state index is 0.0151. The predicted octanol–water partition coefficient (Wildman–Crippen LogP) is 3.54. The Morgan fingerprint density at radius 1 is 0.762 bits per heavy atom. The highest BCUT2D eigenvalue weighted by Crippen LogP contribution is 2.47. The fourth-order valence-corrected chi connectivity index (χ4v) is 9.96. The maximum Gasteiger partial charge on any atom is 0.312 e. The largest absolute Gasteiger partial charge is 0.461 e. The molecule has 4 aromatic rings. The van der Waals surface area contributed by atoms with Crippen molar-refractivity contribution >= 4 is 46.4 Å². The Hall–Kier alpha value is -6.11. The first-order valence-electron chi connectivity index (χ1n) is 28.9. The highest BCUT2D eigenvalue weighted by Gasteiger charge is 2.48. The number of rotatable bonds is 43. The van der Waals surface area contributed by atoms with Crippen molar-refractivity contribution in [3.63, 3.8) is 0 Å². The van der Waals surface area contributed by atoms with Gasteiger partial charge in [-0.3, -0.25) is 19.7 Å². The number of aromatic amines is 1. The summed E-state index contributed by atoms with van der Waals surface area (Å²) >= 11 is 0. The van der Waals surface area contributed by atoms with E-state index in [1.165, 1.54) is 6.07 Å². The summed E-state index contributed by atoms with van der Waals surface area (Å²) in [5.41, 5.74) is 12.6. The van der Waals surface area contributed by atoms with Crippen molar-refractivity contribution < 1.29 is 75.7 Å². The second-order valence-corrected chi connectivity index (χ2v) is 20.7. The van der Waals surface area contributed by atoms with Crippen molar-refractivity contribution in [3.05, 3.63) is 66.1 Å². The zero-order chi connectivity index (χ0) is 59.9. The summed E-state index contributed by atoms with van der Waals surface area (Å²) in [6, 6.07) is 5.10. The van der Waals surface area contributed by atoms with E-state index >= 15 is 4.39 Å². The zero-order valence-electron chi connectivity index (χ0n) is 48.1. The number of ether oxygens (including phenoxy) is 9. The molecule has 0 saturated heterocycles. The standard InChI is InChI=1S/C57H85F2N11O14/c1-37(2)49(68-47(71)13-16-76-18-20-78-22-24-80-26-28-82-30-31-83-29-27-81-25-23-79-21-19-77-17-14-60)55(73)67-46(4-3-15-62-57(61)75)54(72)66-42-11-5-38(6-12-42)36-84-56(74)48-39-7-9-40(10-8-39)50(48)69-53-45(59)35-65-52(70-53)44-34-64-51-43(44)32-41(58)33-63-51/h5-6,11-12,32-35,37,39-40,46,48-50,55,67,73H,3-4,7-10,13-31,36,60H2,1-2H3,(H,63,64)(H,66,72)(H,68,71)(H3,61,62,75)(H,65,69,70)/t39?,40?,46-,48-,49-,50-,55?/m0/s1. The number of H-pyrrole nitrogens is 1. The van der Waals surface area contributed by atoms with Gasteiger partial charge in [0.15, 0.2) is 17.5 Å². The number of nitrogens with zero attached hydrogens (tertiary/aromatic N) is 3. The number of primary amides is 1. The molecule has 27 heteroatoms. The molecule has 3 aromatic heterocycles. The van der Waals surface area contributed by atoms with Crippen LogP contribution in [0, 0.1) is 35.3 Å². The van der Waals surface area contributed by atoms with Crippen molar-refractivity contribution in [2.45, 2.75) is 89.8 Å². The van der Waals surface area contributed by atoms with Crippen LogP contribution in [0.5, 0.6) is 0 Å². The third kappa shape index (κ3) is 23.0. The Labute approximate surface area is 488 Å². The molecule has 2 bridgehead atoms. The van der Waals surface area contributed by atoms with Crippen molar-refractivity contribution in [1.82, 2.24) is 35.9 Å². The smallest absolute Gasteiger partial charge is 0.312 e. The number of aliphatic hydroxyl groups excluding tert-OH is 1. The van der Waals surface area contributed by atoms with Crippen LogP contribution in [0.4, 0.5) is 25.1 Å². The first kappa shape index (κ1) is 67.0. The number of aromatic nitrogens is 4. The minimum Gasteiger partial charge on any atom is -0.461 e. The third-order valence-corrected chi connectivity index (χ3v) is 14.3. The van der Waals surface area contributed by atoms with Crippen molar-refractivity contribution in [2.75, 3.05) is 129 Å². The van der Waals surface area contributed by atoms with E-state index in [4.69, 9.17) is 54.1 Å². The van der Waals surface area contributed by atoms with Gasteiger partial charge in [-0.2, -0.15) is 0 Å². The molecule has 0 aliphatic heterocycles. The highest BCUT2D eigenvalue weighted by atomic mass is 19.1. The maximum atomic E-state index is 15.4. The molecule has 25 nitrogen and oxygen atoms in total. The van der Waals surface area contributed by atoms with Crippen LogP contribution in [-0.4, -0.2) is 192 Å². The van der Waals surface area contributed by atoms with Crippen LogP contribution in [0.15, 0.2) is 48.9 Å². The van der Waals surface area contributed by atoms with Crippen molar-refractivity contribution in [1.29, 1.82) is 0 Å². The number of nitrogens with one attached hydrogen (secondary N) is 6. The number of halogens is 2. The van der Waals surface area contributed by atoms with E-state index in [0.29, 0.717) is 133 Å². The average Bonchev–Trinajstić information content (AvgIpc) is 3.31. The first-order valence-corrected chi connectivity index (χ1v) is 28.9. The average molecular weight is 1190 g/mol. The lowest BCUT2D eigenvalue weighted by atomic mass is 9.61. The molecule has 1 unspecified atom stereocenters. The van der Waals surface area contributed by atoms with E-state index in [1.54, 1.807) is 30.5 Å². The Bertz CT molecular complexity index is 2580. The Morgan fingerprint density at radius 3 is 1.90 bits per heavy atom. The van der Waals surface area contributed by atoms with Crippen LogP contribution in [0.2, 0.25) is 0 Å². The molecule has 4 amide bonds. The van der Waals surface area contributed by atoms with E-state index in [0.717, 1.165) is 38.1 Å². The maximum absolute atomic E-state index is 15.4. The zero-order valence-corrected chi connectivity index (χ0v) is 48.1. The van der Waals surface area contributed by atoms with Gasteiger partial charge in [-0.15, -0.1) is 0 Å². The van der Waals surface area contributed by atoms with E-state index < -0.39 is 59.8 Å². The van der Waals surface area contributed by atoms with Crippen LogP contribution >= 0.6 is 0 Å². The van der Waals surface area contributed by atoms with Crippen LogP contribution in [0.1, 0.15) is 64.4 Å². The molecule has 3 aliphatic rings. The first-order chi connectivity index (χ1) is 40.8. The Balaban J connectivity index is 0.869. The number of aliphatic hydroxyl groups is 1. The molecule has 3 saturated carbocycles. The number of pyridine rings is 1. The van der Waals surface area contributed by atoms with E-state index in [1.807, 2.05) is 13.8 Å². The lowest BCUT2D eigenvalue weighted by Gasteiger charge is -2.47. The summed E-state index contributed by atoms with van der Waals surface area (Å²) in [5, 5.41) is 26.3. The molecule has 0 spiro atoms. The molecule has 11 N–H and O–H groups in total. The number of hydrogen-bond donors (Lipinski definition) is 9. The summed E-state index contributed by atoms with van der Waals surface area (Å²) in [6.07, 6.45) is 6.27. The van der Waals surface area contributed by atoms with Crippen LogP contribution in [-0.2, 0) is 63.6 Å². The van der Waals surface area contributed by atoms with Gasteiger partial charge in [0.05, 0.1) is 136 Å². The van der Waals surface area contributed by atoms with E-state index in [9.17, 15) is 28.7 Å². The SMILES string of the molecule is CC(C)[C@H](NC(=O)CCOCCOCCOCCOCCOCCOCCOCCOCCN)C(O)N[C@@H](CCCNC(N)=O)C(=O)Nc1ccc(COC(=O)[C@H]2C3CCC(CC3)[C@@H]2Nc2nc(-c3c[nH]c4ncc(F)cc34)ncc2F)cc1. The Morgan fingerprint density at radius 2 is 1.33 bits per heavy atom. The van der Waals surface area contributed by atoms with E-state index in [-0.39, 0.29) is 74.5 Å². The number of hydrogen-bond acceptors (Lipinski definition) is 20. The normalized spacial score (nSPS) is 17.7. The molecule has 466 valence electrons. The number of esters is 1. The lowest BCUT2D eigenvalue weighted by molar-refractivity contribution is -0.156. The summed E-state index contributed by atoms with van der Waals surface area (Å²) in [4.78, 5) is 67.8. The van der Waals surface area contributed by atoms with Gasteiger partial charge in [-0.1, -0.05) is 26.0 Å². The van der Waals surface area contributed by atoms with Gasteiger partial charge in [0.2, 0.25) is 11.8 Å². The van der Waals surface area contributed by atoms with Gasteiger partial charge >= 0.3 is 12.0 Å². The third-order valence-electron chi connectivity index (χ3n) is 14.3. The fourth-order valence-electron chi connectivity index (χ4n) is 9.96. The van der Waals surface area contributed by atoms with Crippen molar-refractivity contribution in [3.8, 4) is 11.4 Å². The fraction of sp³-hybridized carbons (Fsp3) is 0.632. The number of nitrogens with two attached hydrogens (primary N) is 2. The van der Waals surface area contributed by atoms with E-state index in [2.05, 4.69) is 46.5 Å². The molecule has 84 heavy (non-hydrogen) atoms. The van der Waals surface area contributed by atoms with Crippen LogP contribution in [0.3, 0.4) is 0 Å². The molecule has 1 aromatic carbocycles. The van der Waals surface area contributed by atoms with Crippen LogP contribution in [0.25, 0.3) is 22.4 Å².